The minimum atomic E-state index is -4.74. The topological polar surface area (TPSA) is 48.2 Å². The number of benzene rings is 3. The molecule has 1 aromatic heterocycles. The summed E-state index contributed by atoms with van der Waals surface area (Å²) in [7, 11) is 0. The highest BCUT2D eigenvalue weighted by Gasteiger charge is 2.30. The van der Waals surface area contributed by atoms with Crippen molar-refractivity contribution in [3.8, 4) is 28.3 Å². The molecule has 0 radical (unpaired) electrons. The van der Waals surface area contributed by atoms with Gasteiger partial charge in [0, 0.05) is 0 Å². The summed E-state index contributed by atoms with van der Waals surface area (Å²) in [4.78, 5) is 3.98. The molecule has 162 valence electrons. The Morgan fingerprint density at radius 3 is 1.97 bits per heavy atom. The Morgan fingerprint density at radius 1 is 0.781 bits per heavy atom. The quantitative estimate of drug-likeness (QED) is 0.320. The number of alkyl halides is 3. The highest BCUT2D eigenvalue weighted by atomic mass is 19.4. The van der Waals surface area contributed by atoms with Crippen molar-refractivity contribution in [2.45, 2.75) is 6.36 Å². The van der Waals surface area contributed by atoms with E-state index in [-0.39, 0.29) is 17.5 Å². The van der Waals surface area contributed by atoms with Gasteiger partial charge in [-0.1, -0.05) is 53.7 Å². The first-order valence-electron chi connectivity index (χ1n) is 9.21. The van der Waals surface area contributed by atoms with Crippen LogP contribution in [0.1, 0.15) is 11.4 Å². The summed E-state index contributed by atoms with van der Waals surface area (Å²) in [6, 6.07) is 16.1. The van der Waals surface area contributed by atoms with Gasteiger partial charge in [-0.15, -0.1) is 13.2 Å². The van der Waals surface area contributed by atoms with Crippen LogP contribution in [0.5, 0.6) is 5.75 Å². The molecular weight excluding hydrogens is 431 g/mol. The van der Waals surface area contributed by atoms with Gasteiger partial charge in [0.25, 0.3) is 5.89 Å². The number of halogens is 5. The summed E-state index contributed by atoms with van der Waals surface area (Å²) >= 11 is 0. The van der Waals surface area contributed by atoms with Crippen LogP contribution in [-0.2, 0) is 0 Å². The van der Waals surface area contributed by atoms with E-state index in [2.05, 4.69) is 14.9 Å². The first kappa shape index (κ1) is 21.2. The largest absolute Gasteiger partial charge is 0.573 e. The molecule has 0 amide bonds. The lowest BCUT2D eigenvalue weighted by Gasteiger charge is -2.09. The van der Waals surface area contributed by atoms with E-state index >= 15 is 0 Å². The van der Waals surface area contributed by atoms with Crippen LogP contribution in [0.4, 0.5) is 22.0 Å². The van der Waals surface area contributed by atoms with E-state index in [1.165, 1.54) is 36.4 Å². The Kier molecular flexibility index (Phi) is 5.72. The number of nitrogens with zero attached hydrogens (tertiary/aromatic N) is 2. The molecule has 0 saturated carbocycles. The zero-order chi connectivity index (χ0) is 22.7. The van der Waals surface area contributed by atoms with E-state index in [0.29, 0.717) is 5.56 Å². The van der Waals surface area contributed by atoms with Gasteiger partial charge < -0.3 is 9.26 Å². The average molecular weight is 444 g/mol. The Balaban J connectivity index is 1.46. The number of aromatic nitrogens is 2. The number of hydrogen-bond acceptors (Lipinski definition) is 4. The van der Waals surface area contributed by atoms with Gasteiger partial charge in [-0.2, -0.15) is 4.98 Å². The van der Waals surface area contributed by atoms with Crippen molar-refractivity contribution in [2.24, 2.45) is 0 Å². The molecule has 32 heavy (non-hydrogen) atoms. The second-order valence-corrected chi connectivity index (χ2v) is 6.58. The molecule has 0 N–H and O–H groups in total. The van der Waals surface area contributed by atoms with Crippen molar-refractivity contribution in [1.29, 1.82) is 0 Å². The summed E-state index contributed by atoms with van der Waals surface area (Å²) in [6.45, 7) is 0. The normalized spacial score (nSPS) is 11.8. The van der Waals surface area contributed by atoms with Gasteiger partial charge in [-0.3, -0.25) is 0 Å². The Labute approximate surface area is 178 Å². The van der Waals surface area contributed by atoms with Gasteiger partial charge in [0.05, 0.1) is 0 Å². The van der Waals surface area contributed by atoms with Crippen LogP contribution in [0.2, 0.25) is 0 Å². The van der Waals surface area contributed by atoms with Crippen molar-refractivity contribution >= 4 is 12.2 Å². The molecule has 0 aliphatic rings. The van der Waals surface area contributed by atoms with Crippen LogP contribution in [0.3, 0.4) is 0 Å². The van der Waals surface area contributed by atoms with E-state index in [9.17, 15) is 22.0 Å². The van der Waals surface area contributed by atoms with Gasteiger partial charge in [0.2, 0.25) is 0 Å². The van der Waals surface area contributed by atoms with Gasteiger partial charge in [0.15, 0.2) is 5.82 Å². The van der Waals surface area contributed by atoms with Crippen LogP contribution >= 0.6 is 0 Å². The van der Waals surface area contributed by atoms with Crippen LogP contribution in [-0.4, -0.2) is 16.5 Å². The molecule has 0 atom stereocenters. The predicted octanol–water partition coefficient (Wildman–Crippen LogP) is 6.75. The van der Waals surface area contributed by atoms with Crippen molar-refractivity contribution in [3.63, 3.8) is 0 Å². The fourth-order valence-electron chi connectivity index (χ4n) is 2.91. The fraction of sp³-hybridized carbons (Fsp3) is 0.0435. The second kappa shape index (κ2) is 8.62. The van der Waals surface area contributed by atoms with Gasteiger partial charge in [0.1, 0.15) is 22.9 Å². The molecule has 0 aliphatic carbocycles. The van der Waals surface area contributed by atoms with E-state index in [1.807, 2.05) is 0 Å². The summed E-state index contributed by atoms with van der Waals surface area (Å²) in [5.74, 6) is -2.05. The summed E-state index contributed by atoms with van der Waals surface area (Å²) in [5.41, 5.74) is 1.88. The molecule has 0 unspecified atom stereocenters. The monoisotopic (exact) mass is 444 g/mol. The second-order valence-electron chi connectivity index (χ2n) is 6.58. The van der Waals surface area contributed by atoms with Crippen molar-refractivity contribution in [1.82, 2.24) is 10.1 Å². The maximum atomic E-state index is 13.8. The Morgan fingerprint density at radius 2 is 1.38 bits per heavy atom. The molecule has 4 rings (SSSR count). The van der Waals surface area contributed by atoms with E-state index < -0.39 is 23.6 Å². The minimum Gasteiger partial charge on any atom is -0.406 e. The number of rotatable bonds is 5. The lowest BCUT2D eigenvalue weighted by atomic mass is 10.0. The molecule has 1 heterocycles. The van der Waals surface area contributed by atoms with E-state index in [0.717, 1.165) is 23.3 Å². The lowest BCUT2D eigenvalue weighted by molar-refractivity contribution is -0.274. The summed E-state index contributed by atoms with van der Waals surface area (Å²) < 4.78 is 73.2. The molecule has 4 nitrogen and oxygen atoms in total. The molecule has 0 saturated heterocycles. The first-order chi connectivity index (χ1) is 15.3. The summed E-state index contributed by atoms with van der Waals surface area (Å²) in [6.07, 6.45) is -1.54. The molecule has 0 aliphatic heterocycles. The SMILES string of the molecule is Fc1cccc(F)c1-c1nc(C=Cc2ccc(-c3ccc(OC(F)(F)F)cc3)cc2)no1. The molecule has 9 heteroatoms. The smallest absolute Gasteiger partial charge is 0.406 e. The zero-order valence-corrected chi connectivity index (χ0v) is 16.1. The van der Waals surface area contributed by atoms with Crippen molar-refractivity contribution in [3.05, 3.63) is 89.8 Å². The molecule has 0 spiro atoms. The van der Waals surface area contributed by atoms with Gasteiger partial charge in [-0.05, 0) is 47.0 Å². The average Bonchev–Trinajstić information content (AvgIpc) is 3.20. The Hall–Kier alpha value is -4.01. The molecule has 4 aromatic rings. The van der Waals surface area contributed by atoms with Gasteiger partial charge >= 0.3 is 6.36 Å². The fourth-order valence-corrected chi connectivity index (χ4v) is 2.91. The maximum absolute atomic E-state index is 13.8. The molecule has 0 fully saturated rings. The number of ether oxygens (including phenoxy) is 1. The standard InChI is InChI=1S/C23H13F5N2O2/c24-18-2-1-3-19(25)21(18)22-29-20(30-32-22)13-6-14-4-7-15(8-5-14)16-9-11-17(12-10-16)31-23(26,27)28/h1-13H. The molecular formula is C23H13F5N2O2. The Bertz CT molecular complexity index is 1230. The van der Waals surface area contributed by atoms with E-state index in [1.54, 1.807) is 30.3 Å². The molecule has 0 bridgehead atoms. The maximum Gasteiger partial charge on any atom is 0.573 e. The van der Waals surface area contributed by atoms with Crippen molar-refractivity contribution < 1.29 is 31.2 Å². The van der Waals surface area contributed by atoms with Crippen LogP contribution in [0.15, 0.2) is 71.3 Å². The van der Waals surface area contributed by atoms with Crippen LogP contribution in [0.25, 0.3) is 34.7 Å². The third-order valence-corrected chi connectivity index (χ3v) is 4.38. The highest BCUT2D eigenvalue weighted by Crippen LogP contribution is 2.27. The minimum absolute atomic E-state index is 0.131. The summed E-state index contributed by atoms with van der Waals surface area (Å²) in [5, 5.41) is 3.69. The zero-order valence-electron chi connectivity index (χ0n) is 16.1. The third-order valence-electron chi connectivity index (χ3n) is 4.38. The highest BCUT2D eigenvalue weighted by molar-refractivity contribution is 5.71. The van der Waals surface area contributed by atoms with Crippen LogP contribution in [0, 0.1) is 11.6 Å². The first-order valence-corrected chi connectivity index (χ1v) is 9.21. The number of hydrogen-bond donors (Lipinski definition) is 0. The third kappa shape index (κ3) is 5.00. The van der Waals surface area contributed by atoms with E-state index in [4.69, 9.17) is 4.52 Å². The predicted molar refractivity (Wildman–Crippen MR) is 107 cm³/mol. The van der Waals surface area contributed by atoms with Crippen LogP contribution < -0.4 is 4.74 Å². The van der Waals surface area contributed by atoms with Gasteiger partial charge in [-0.25, -0.2) is 8.78 Å². The molecule has 3 aromatic carbocycles. The van der Waals surface area contributed by atoms with Crippen molar-refractivity contribution in [2.75, 3.05) is 0 Å². The lowest BCUT2D eigenvalue weighted by Crippen LogP contribution is -2.16.